The molecule has 0 unspecified atom stereocenters. The van der Waals surface area contributed by atoms with Crippen LogP contribution in [-0.4, -0.2) is 49.0 Å². The van der Waals surface area contributed by atoms with Gasteiger partial charge in [0.25, 0.3) is 0 Å². The third-order valence-electron chi connectivity index (χ3n) is 3.46. The summed E-state index contributed by atoms with van der Waals surface area (Å²) in [6.07, 6.45) is 4.55. The van der Waals surface area contributed by atoms with Crippen molar-refractivity contribution in [3.05, 3.63) is 24.0 Å². The number of methoxy groups -OCH3 is 1. The highest BCUT2D eigenvalue weighted by Crippen LogP contribution is 2.36. The van der Waals surface area contributed by atoms with E-state index in [9.17, 15) is 4.79 Å². The summed E-state index contributed by atoms with van der Waals surface area (Å²) >= 11 is 0. The summed E-state index contributed by atoms with van der Waals surface area (Å²) in [5.74, 6) is -0.494. The Hall–Kier alpha value is -1.62. The minimum absolute atomic E-state index is 0.172. The molecule has 1 fully saturated rings. The van der Waals surface area contributed by atoms with Crippen molar-refractivity contribution < 1.29 is 14.6 Å². The number of nitrogens with zero attached hydrogens (tertiary/aromatic N) is 2. The number of ether oxygens (including phenoxy) is 1. The Bertz CT molecular complexity index is 421. The molecule has 0 atom stereocenters. The van der Waals surface area contributed by atoms with Gasteiger partial charge >= 0.3 is 5.97 Å². The Morgan fingerprint density at radius 3 is 2.70 bits per heavy atom. The van der Waals surface area contributed by atoms with E-state index in [1.165, 1.54) is 0 Å². The SMILES string of the molecule is C=C(/C=N\C(=C\C(=O)O)N1CC(C)(CCOC)C1)CC. The number of hydrogen-bond acceptors (Lipinski definition) is 4. The lowest BCUT2D eigenvalue weighted by Gasteiger charge is -2.49. The monoisotopic (exact) mass is 280 g/mol. The third-order valence-corrected chi connectivity index (χ3v) is 3.46. The molecule has 1 heterocycles. The molecule has 0 spiro atoms. The second-order valence-electron chi connectivity index (χ2n) is 5.52. The van der Waals surface area contributed by atoms with Crippen molar-refractivity contribution in [1.29, 1.82) is 0 Å². The Balaban J connectivity index is 2.67. The number of carboxylic acids is 1. The van der Waals surface area contributed by atoms with Crippen molar-refractivity contribution in [2.75, 3.05) is 26.8 Å². The first-order chi connectivity index (χ1) is 9.40. The molecule has 1 rings (SSSR count). The van der Waals surface area contributed by atoms with Crippen LogP contribution in [0.15, 0.2) is 29.0 Å². The maximum atomic E-state index is 10.9. The zero-order valence-electron chi connectivity index (χ0n) is 12.6. The van der Waals surface area contributed by atoms with Crippen LogP contribution in [0.2, 0.25) is 0 Å². The number of aliphatic imine (C=N–C) groups is 1. The molecule has 1 saturated heterocycles. The van der Waals surface area contributed by atoms with E-state index in [2.05, 4.69) is 18.5 Å². The summed E-state index contributed by atoms with van der Waals surface area (Å²) in [5, 5.41) is 8.93. The van der Waals surface area contributed by atoms with E-state index in [4.69, 9.17) is 9.84 Å². The third kappa shape index (κ3) is 4.81. The quantitative estimate of drug-likeness (QED) is 0.547. The summed E-state index contributed by atoms with van der Waals surface area (Å²) in [5.41, 5.74) is 1.05. The maximum Gasteiger partial charge on any atom is 0.332 e. The molecule has 1 aliphatic rings. The van der Waals surface area contributed by atoms with Crippen LogP contribution in [0, 0.1) is 5.41 Å². The molecule has 1 N–H and O–H groups in total. The van der Waals surface area contributed by atoms with Gasteiger partial charge in [-0.05, 0) is 18.4 Å². The molecule has 112 valence electrons. The molecule has 5 heteroatoms. The molecule has 0 amide bonds. The zero-order chi connectivity index (χ0) is 15.2. The van der Waals surface area contributed by atoms with Gasteiger partial charge in [0, 0.05) is 38.4 Å². The first kappa shape index (κ1) is 16.4. The number of aliphatic carboxylic acids is 1. The lowest BCUT2D eigenvalue weighted by atomic mass is 9.79. The van der Waals surface area contributed by atoms with Crippen LogP contribution >= 0.6 is 0 Å². The van der Waals surface area contributed by atoms with Gasteiger partial charge < -0.3 is 14.7 Å². The van der Waals surface area contributed by atoms with Gasteiger partial charge in [-0.3, -0.25) is 0 Å². The number of carbonyl (C=O) groups is 1. The van der Waals surface area contributed by atoms with Crippen molar-refractivity contribution in [3.8, 4) is 0 Å². The first-order valence-electron chi connectivity index (χ1n) is 6.80. The Morgan fingerprint density at radius 2 is 2.20 bits per heavy atom. The average Bonchev–Trinajstić information content (AvgIpc) is 2.37. The van der Waals surface area contributed by atoms with Gasteiger partial charge in [-0.25, -0.2) is 9.79 Å². The molecule has 0 aromatic carbocycles. The van der Waals surface area contributed by atoms with Crippen LogP contribution in [0.4, 0.5) is 0 Å². The number of allylic oxidation sites excluding steroid dienone is 1. The molecule has 0 bridgehead atoms. The molecule has 0 aliphatic carbocycles. The normalized spacial score (nSPS) is 18.1. The Labute approximate surface area is 120 Å². The van der Waals surface area contributed by atoms with Crippen molar-refractivity contribution in [3.63, 3.8) is 0 Å². The Morgan fingerprint density at radius 1 is 1.55 bits per heavy atom. The molecular weight excluding hydrogens is 256 g/mol. The summed E-state index contributed by atoms with van der Waals surface area (Å²) in [7, 11) is 1.69. The van der Waals surface area contributed by atoms with E-state index in [1.807, 2.05) is 11.8 Å². The highest BCUT2D eigenvalue weighted by Gasteiger charge is 2.39. The van der Waals surface area contributed by atoms with Crippen molar-refractivity contribution in [1.82, 2.24) is 4.90 Å². The molecule has 1 aliphatic heterocycles. The summed E-state index contributed by atoms with van der Waals surface area (Å²) in [4.78, 5) is 17.1. The molecular formula is C15H24N2O3. The second-order valence-corrected chi connectivity index (χ2v) is 5.52. The summed E-state index contributed by atoms with van der Waals surface area (Å²) in [6.45, 7) is 10.3. The molecule has 0 radical (unpaired) electrons. The fraction of sp³-hybridized carbons (Fsp3) is 0.600. The molecule has 5 nitrogen and oxygen atoms in total. The molecule has 0 aromatic heterocycles. The zero-order valence-corrected chi connectivity index (χ0v) is 12.6. The van der Waals surface area contributed by atoms with Crippen LogP contribution in [0.5, 0.6) is 0 Å². The Kier molecular flexibility index (Phi) is 5.95. The first-order valence-corrected chi connectivity index (χ1v) is 6.80. The lowest BCUT2D eigenvalue weighted by molar-refractivity contribution is -0.131. The van der Waals surface area contributed by atoms with Gasteiger partial charge in [0.15, 0.2) is 0 Å². The second kappa shape index (κ2) is 7.24. The topological polar surface area (TPSA) is 62.1 Å². The number of hydrogen-bond donors (Lipinski definition) is 1. The van der Waals surface area contributed by atoms with E-state index in [0.29, 0.717) is 5.82 Å². The van der Waals surface area contributed by atoms with Gasteiger partial charge in [-0.15, -0.1) is 0 Å². The predicted molar refractivity (Wildman–Crippen MR) is 79.8 cm³/mol. The van der Waals surface area contributed by atoms with Gasteiger partial charge in [-0.2, -0.15) is 0 Å². The van der Waals surface area contributed by atoms with Crippen molar-refractivity contribution in [2.45, 2.75) is 26.7 Å². The molecule has 0 saturated carbocycles. The van der Waals surface area contributed by atoms with Crippen LogP contribution < -0.4 is 0 Å². The van der Waals surface area contributed by atoms with Crippen molar-refractivity contribution in [2.24, 2.45) is 10.4 Å². The fourth-order valence-electron chi connectivity index (χ4n) is 2.11. The summed E-state index contributed by atoms with van der Waals surface area (Å²) < 4.78 is 5.10. The predicted octanol–water partition coefficient (Wildman–Crippen LogP) is 2.31. The van der Waals surface area contributed by atoms with Crippen LogP contribution in [-0.2, 0) is 9.53 Å². The van der Waals surface area contributed by atoms with E-state index in [0.717, 1.165) is 44.2 Å². The number of rotatable bonds is 8. The lowest BCUT2D eigenvalue weighted by Crippen LogP contribution is -2.54. The van der Waals surface area contributed by atoms with E-state index < -0.39 is 5.97 Å². The minimum atomic E-state index is -0.982. The number of carboxylic acid groups (broad SMARTS) is 1. The van der Waals surface area contributed by atoms with Crippen molar-refractivity contribution >= 4 is 12.2 Å². The minimum Gasteiger partial charge on any atom is -0.478 e. The highest BCUT2D eigenvalue weighted by molar-refractivity contribution is 5.82. The van der Waals surface area contributed by atoms with E-state index in [1.54, 1.807) is 13.3 Å². The largest absolute Gasteiger partial charge is 0.478 e. The average molecular weight is 280 g/mol. The number of likely N-dealkylation sites (tertiary alicyclic amines) is 1. The van der Waals surface area contributed by atoms with Crippen LogP contribution in [0.25, 0.3) is 0 Å². The van der Waals surface area contributed by atoms with Crippen LogP contribution in [0.1, 0.15) is 26.7 Å². The van der Waals surface area contributed by atoms with E-state index >= 15 is 0 Å². The van der Waals surface area contributed by atoms with E-state index in [-0.39, 0.29) is 5.41 Å². The maximum absolute atomic E-state index is 10.9. The molecule has 20 heavy (non-hydrogen) atoms. The standard InChI is InChI=1S/C15H24N2O3/c1-5-12(2)9-16-13(8-14(18)19)17-10-15(3,11-17)6-7-20-4/h8-9H,2,5-7,10-11H2,1,3-4H3,(H,18,19)/b13-8-,16-9-. The smallest absolute Gasteiger partial charge is 0.332 e. The fourth-order valence-corrected chi connectivity index (χ4v) is 2.11. The van der Waals surface area contributed by atoms with Gasteiger partial charge in [0.05, 0.1) is 6.08 Å². The van der Waals surface area contributed by atoms with Gasteiger partial charge in [-0.1, -0.05) is 20.4 Å². The molecule has 0 aromatic rings. The van der Waals surface area contributed by atoms with Gasteiger partial charge in [0.2, 0.25) is 0 Å². The van der Waals surface area contributed by atoms with Gasteiger partial charge in [0.1, 0.15) is 5.82 Å². The summed E-state index contributed by atoms with van der Waals surface area (Å²) in [6, 6.07) is 0. The highest BCUT2D eigenvalue weighted by atomic mass is 16.5. The van der Waals surface area contributed by atoms with Crippen LogP contribution in [0.3, 0.4) is 0 Å².